The van der Waals surface area contributed by atoms with E-state index < -0.39 is 29.7 Å². The van der Waals surface area contributed by atoms with Gasteiger partial charge in [-0.25, -0.2) is 24.1 Å². The maximum absolute atomic E-state index is 16.1. The highest BCUT2D eigenvalue weighted by Gasteiger charge is 2.40. The van der Waals surface area contributed by atoms with Gasteiger partial charge in [0.1, 0.15) is 11.4 Å². The Kier molecular flexibility index (Phi) is 7.87. The molecule has 220 valence electrons. The topological polar surface area (TPSA) is 122 Å². The van der Waals surface area contributed by atoms with Crippen molar-refractivity contribution < 1.29 is 19.0 Å². The summed E-state index contributed by atoms with van der Waals surface area (Å²) in [6, 6.07) is 0.987. The number of aliphatic hydroxyl groups excluding tert-OH is 1. The molecule has 1 amide bonds. The van der Waals surface area contributed by atoms with Gasteiger partial charge in [0.15, 0.2) is 5.82 Å². The van der Waals surface area contributed by atoms with Gasteiger partial charge in [0.25, 0.3) is 0 Å². The van der Waals surface area contributed by atoms with Gasteiger partial charge in [0, 0.05) is 62.3 Å². The number of carbonyl (C=O) groups is 1. The molecule has 11 nitrogen and oxygen atoms in total. The number of aromatic nitrogens is 5. The molecule has 0 aliphatic carbocycles. The van der Waals surface area contributed by atoms with Crippen LogP contribution in [0.15, 0.2) is 24.7 Å². The van der Waals surface area contributed by atoms with Crippen LogP contribution >= 0.6 is 0 Å². The number of likely N-dealkylation sites (tertiary alicyclic amines) is 1. The first-order valence-corrected chi connectivity index (χ1v) is 14.1. The van der Waals surface area contributed by atoms with E-state index in [1.807, 2.05) is 16.6 Å². The highest BCUT2D eigenvalue weighted by molar-refractivity contribution is 5.73. The molecule has 2 unspecified atom stereocenters. The van der Waals surface area contributed by atoms with Gasteiger partial charge in [0.05, 0.1) is 29.7 Å². The van der Waals surface area contributed by atoms with Crippen LogP contribution in [0.2, 0.25) is 0 Å². The first-order chi connectivity index (χ1) is 19.4. The van der Waals surface area contributed by atoms with Crippen molar-refractivity contribution in [2.24, 2.45) is 7.05 Å². The number of hydrogen-bond donors (Lipinski definition) is 2. The highest BCUT2D eigenvalue weighted by atomic mass is 19.1. The third kappa shape index (κ3) is 5.97. The number of aliphatic hydroxyl groups is 1. The van der Waals surface area contributed by atoms with Crippen molar-refractivity contribution in [1.82, 2.24) is 29.6 Å². The molecule has 3 aromatic rings. The molecule has 2 N–H and O–H groups in total. The Morgan fingerprint density at radius 3 is 2.61 bits per heavy atom. The van der Waals surface area contributed by atoms with Gasteiger partial charge in [-0.1, -0.05) is 13.8 Å². The van der Waals surface area contributed by atoms with Crippen molar-refractivity contribution in [2.45, 2.75) is 84.1 Å². The van der Waals surface area contributed by atoms with E-state index in [0.717, 1.165) is 17.0 Å². The average molecular weight is 567 g/mol. The summed E-state index contributed by atoms with van der Waals surface area (Å²) < 4.78 is 23.7. The molecule has 41 heavy (non-hydrogen) atoms. The molecule has 0 spiro atoms. The van der Waals surface area contributed by atoms with E-state index in [1.54, 1.807) is 44.1 Å². The molecular formula is C29H39FN8O3. The molecule has 0 saturated carbocycles. The minimum atomic E-state index is -0.726. The lowest BCUT2D eigenvalue weighted by atomic mass is 9.91. The normalized spacial score (nSPS) is 19.3. The molecule has 5 heterocycles. The van der Waals surface area contributed by atoms with Crippen molar-refractivity contribution in [3.63, 3.8) is 0 Å². The molecular weight excluding hydrogens is 527 g/mol. The summed E-state index contributed by atoms with van der Waals surface area (Å²) in [6.45, 7) is 10.9. The standard InChI is InChI=1S/C29H39FN8O3/c1-17(2)24-19-16-37(12-9-21(19)35-36(24)6)25-20(30)15-33-26(34-27-31-10-7-11-32-27)23(25)22-14-18(39)8-13-38(22)28(40)41-29(3,4)5/h7,10-11,15,17-18,22,39H,8-9,12-14,16H2,1-6H3,(H,31,32,33,34). The van der Waals surface area contributed by atoms with Crippen molar-refractivity contribution in [2.75, 3.05) is 23.3 Å². The minimum absolute atomic E-state index is 0.199. The van der Waals surface area contributed by atoms with Crippen LogP contribution in [0.3, 0.4) is 0 Å². The summed E-state index contributed by atoms with van der Waals surface area (Å²) in [7, 11) is 1.94. The largest absolute Gasteiger partial charge is 0.444 e. The third-order valence-corrected chi connectivity index (χ3v) is 7.48. The molecule has 2 atom stereocenters. The van der Waals surface area contributed by atoms with E-state index in [9.17, 15) is 9.90 Å². The van der Waals surface area contributed by atoms with Crippen LogP contribution in [-0.4, -0.2) is 65.6 Å². The van der Waals surface area contributed by atoms with Crippen LogP contribution in [0, 0.1) is 5.82 Å². The Bertz CT molecular complexity index is 1410. The fraction of sp³-hybridized carbons (Fsp3) is 0.552. The monoisotopic (exact) mass is 566 g/mol. The lowest BCUT2D eigenvalue weighted by Gasteiger charge is -2.41. The van der Waals surface area contributed by atoms with Crippen molar-refractivity contribution in [1.29, 1.82) is 0 Å². The van der Waals surface area contributed by atoms with Crippen molar-refractivity contribution >= 4 is 23.5 Å². The summed E-state index contributed by atoms with van der Waals surface area (Å²) in [5.41, 5.74) is 3.28. The molecule has 2 aliphatic rings. The second-order valence-corrected chi connectivity index (χ2v) is 12.0. The third-order valence-electron chi connectivity index (χ3n) is 7.48. The molecule has 12 heteroatoms. The van der Waals surface area contributed by atoms with Crippen molar-refractivity contribution in [3.8, 4) is 0 Å². The zero-order chi connectivity index (χ0) is 29.5. The molecule has 0 aromatic carbocycles. The number of piperidine rings is 1. The Morgan fingerprint density at radius 2 is 1.93 bits per heavy atom. The predicted octanol–water partition coefficient (Wildman–Crippen LogP) is 4.61. The zero-order valence-corrected chi connectivity index (χ0v) is 24.6. The molecule has 3 aromatic heterocycles. The Labute approximate surface area is 239 Å². The fourth-order valence-electron chi connectivity index (χ4n) is 5.89. The van der Waals surface area contributed by atoms with E-state index in [4.69, 9.17) is 9.84 Å². The van der Waals surface area contributed by atoms with Gasteiger partial charge in [-0.15, -0.1) is 0 Å². The van der Waals surface area contributed by atoms with E-state index in [2.05, 4.69) is 34.1 Å². The van der Waals surface area contributed by atoms with Gasteiger partial charge in [-0.05, 0) is 45.6 Å². The van der Waals surface area contributed by atoms with Gasteiger partial charge in [0.2, 0.25) is 5.95 Å². The number of nitrogens with one attached hydrogen (secondary N) is 1. The molecule has 1 fully saturated rings. The van der Waals surface area contributed by atoms with Crippen LogP contribution in [0.25, 0.3) is 0 Å². The van der Waals surface area contributed by atoms with Crippen LogP contribution in [0.1, 0.15) is 81.9 Å². The number of hydrogen-bond acceptors (Lipinski definition) is 9. The first kappa shape index (κ1) is 28.7. The number of carbonyl (C=O) groups excluding carboxylic acids is 1. The highest BCUT2D eigenvalue weighted by Crippen LogP contribution is 2.44. The van der Waals surface area contributed by atoms with E-state index >= 15 is 4.39 Å². The smallest absolute Gasteiger partial charge is 0.410 e. The number of aryl methyl sites for hydroxylation is 1. The lowest BCUT2D eigenvalue weighted by Crippen LogP contribution is -2.46. The summed E-state index contributed by atoms with van der Waals surface area (Å²) in [4.78, 5) is 30.0. The maximum Gasteiger partial charge on any atom is 0.410 e. The van der Waals surface area contributed by atoms with Crippen LogP contribution < -0.4 is 10.2 Å². The number of rotatable bonds is 5. The SMILES string of the molecule is CC(C)c1c2c(nn1C)CCN(c1c(F)cnc(Nc3ncccn3)c1C1CC(O)CCN1C(=O)OC(C)(C)C)C2. The number of fused-ring (bicyclic) bond motifs is 1. The quantitative estimate of drug-likeness (QED) is 0.456. The van der Waals surface area contributed by atoms with Crippen LogP contribution in [0.5, 0.6) is 0 Å². The fourth-order valence-corrected chi connectivity index (χ4v) is 5.89. The van der Waals surface area contributed by atoms with Gasteiger partial charge < -0.3 is 25.0 Å². The van der Waals surface area contributed by atoms with Crippen LogP contribution in [-0.2, 0) is 24.8 Å². The molecule has 1 saturated heterocycles. The number of ether oxygens (including phenoxy) is 1. The first-order valence-electron chi connectivity index (χ1n) is 14.1. The summed E-state index contributed by atoms with van der Waals surface area (Å²) in [6.07, 6.45) is 4.39. The maximum atomic E-state index is 16.1. The minimum Gasteiger partial charge on any atom is -0.444 e. The number of amides is 1. The van der Waals surface area contributed by atoms with Gasteiger partial charge in [-0.3, -0.25) is 4.68 Å². The molecule has 2 aliphatic heterocycles. The summed E-state index contributed by atoms with van der Waals surface area (Å²) in [5, 5.41) is 18.7. The predicted molar refractivity (Wildman–Crippen MR) is 152 cm³/mol. The number of pyridine rings is 1. The Hall–Kier alpha value is -3.80. The Balaban J connectivity index is 1.65. The van der Waals surface area contributed by atoms with Gasteiger partial charge >= 0.3 is 6.09 Å². The van der Waals surface area contributed by atoms with Gasteiger partial charge in [-0.2, -0.15) is 5.10 Å². The number of halogens is 1. The lowest BCUT2D eigenvalue weighted by molar-refractivity contribution is -0.00831. The second kappa shape index (κ2) is 11.2. The zero-order valence-electron chi connectivity index (χ0n) is 24.6. The van der Waals surface area contributed by atoms with E-state index in [1.165, 1.54) is 6.20 Å². The average Bonchev–Trinajstić information content (AvgIpc) is 3.24. The number of anilines is 3. The van der Waals surface area contributed by atoms with Crippen molar-refractivity contribution in [3.05, 3.63) is 53.0 Å². The summed E-state index contributed by atoms with van der Waals surface area (Å²) in [5.74, 6) is 0.333. The van der Waals surface area contributed by atoms with Crippen LogP contribution in [0.4, 0.5) is 26.6 Å². The van der Waals surface area contributed by atoms with E-state index in [-0.39, 0.29) is 24.8 Å². The second-order valence-electron chi connectivity index (χ2n) is 12.0. The Morgan fingerprint density at radius 1 is 1.20 bits per heavy atom. The molecule has 0 radical (unpaired) electrons. The molecule has 5 rings (SSSR count). The van der Waals surface area contributed by atoms with E-state index in [0.29, 0.717) is 43.0 Å². The summed E-state index contributed by atoms with van der Waals surface area (Å²) >= 11 is 0. The molecule has 0 bridgehead atoms. The number of nitrogens with zero attached hydrogens (tertiary/aromatic N) is 7.